The normalized spacial score (nSPS) is 29.4. The van der Waals surface area contributed by atoms with E-state index in [1.165, 1.54) is 32.1 Å². The van der Waals surface area contributed by atoms with E-state index in [9.17, 15) is 0 Å². The third kappa shape index (κ3) is 2.88. The number of oxime groups is 1. The number of hydrogen-bond donors (Lipinski definition) is 2. The summed E-state index contributed by atoms with van der Waals surface area (Å²) in [6.07, 6.45) is 6.42. The summed E-state index contributed by atoms with van der Waals surface area (Å²) in [5, 5.41) is 11.8. The average molecular weight is 227 g/mol. The van der Waals surface area contributed by atoms with Crippen LogP contribution in [0.4, 0.5) is 0 Å². The molecule has 1 rings (SSSR count). The lowest BCUT2D eigenvalue weighted by Crippen LogP contribution is -2.49. The van der Waals surface area contributed by atoms with Gasteiger partial charge in [0, 0.05) is 6.04 Å². The summed E-state index contributed by atoms with van der Waals surface area (Å²) in [6, 6.07) is 0.594. The van der Waals surface area contributed by atoms with Crippen molar-refractivity contribution in [3.8, 4) is 0 Å². The smallest absolute Gasteiger partial charge is 0.156 e. The molecule has 0 saturated heterocycles. The molecule has 1 fully saturated rings. The minimum atomic E-state index is 0.0159. The topological polar surface area (TPSA) is 61.8 Å². The number of likely N-dealkylation sites (N-methyl/N-ethyl adjacent to an activating group) is 1. The van der Waals surface area contributed by atoms with Gasteiger partial charge in [-0.25, -0.2) is 0 Å². The Morgan fingerprint density at radius 3 is 2.69 bits per heavy atom. The maximum absolute atomic E-state index is 8.71. The van der Waals surface area contributed by atoms with Crippen molar-refractivity contribution in [2.24, 2.45) is 16.8 Å². The zero-order valence-electron chi connectivity index (χ0n) is 10.7. The molecule has 4 heteroatoms. The Hall–Kier alpha value is -0.770. The number of amidine groups is 1. The molecule has 1 saturated carbocycles. The Balaban J connectivity index is 2.66. The molecule has 94 valence electrons. The predicted octanol–water partition coefficient (Wildman–Crippen LogP) is 2.02. The standard InChI is InChI=1S/C12H25N3O/c1-4-10-7-5-6-8-11(10)15(3)9(2)12(13)14-16/h9-11,16H,4-8H2,1-3H3,(H2,13,14). The molecule has 1 aliphatic carbocycles. The summed E-state index contributed by atoms with van der Waals surface area (Å²) >= 11 is 0. The van der Waals surface area contributed by atoms with Gasteiger partial charge in [-0.15, -0.1) is 0 Å². The van der Waals surface area contributed by atoms with Crippen LogP contribution in [0, 0.1) is 5.92 Å². The van der Waals surface area contributed by atoms with Crippen molar-refractivity contribution in [3.05, 3.63) is 0 Å². The first-order chi connectivity index (χ1) is 7.61. The summed E-state index contributed by atoms with van der Waals surface area (Å²) < 4.78 is 0. The zero-order valence-corrected chi connectivity index (χ0v) is 10.7. The summed E-state index contributed by atoms with van der Waals surface area (Å²) in [7, 11) is 2.08. The number of nitrogens with zero attached hydrogens (tertiary/aromatic N) is 2. The molecular weight excluding hydrogens is 202 g/mol. The van der Waals surface area contributed by atoms with Crippen LogP contribution in [0.1, 0.15) is 46.0 Å². The van der Waals surface area contributed by atoms with E-state index in [1.54, 1.807) is 0 Å². The third-order valence-corrected chi connectivity index (χ3v) is 4.07. The molecule has 4 nitrogen and oxygen atoms in total. The minimum Gasteiger partial charge on any atom is -0.409 e. The zero-order chi connectivity index (χ0) is 12.1. The van der Waals surface area contributed by atoms with Crippen LogP contribution in [0.2, 0.25) is 0 Å². The molecule has 0 amide bonds. The van der Waals surface area contributed by atoms with Gasteiger partial charge >= 0.3 is 0 Å². The lowest BCUT2D eigenvalue weighted by atomic mass is 9.81. The molecule has 1 aliphatic rings. The van der Waals surface area contributed by atoms with E-state index in [2.05, 4.69) is 24.0 Å². The third-order valence-electron chi connectivity index (χ3n) is 4.07. The molecule has 3 N–H and O–H groups in total. The maximum Gasteiger partial charge on any atom is 0.156 e. The molecule has 0 bridgehead atoms. The van der Waals surface area contributed by atoms with Crippen LogP contribution in [0.5, 0.6) is 0 Å². The van der Waals surface area contributed by atoms with Crippen molar-refractivity contribution < 1.29 is 5.21 Å². The van der Waals surface area contributed by atoms with Crippen LogP contribution in [0.15, 0.2) is 5.16 Å². The van der Waals surface area contributed by atoms with Gasteiger partial charge in [0.15, 0.2) is 5.84 Å². The van der Waals surface area contributed by atoms with Gasteiger partial charge in [0.05, 0.1) is 6.04 Å². The molecular formula is C12H25N3O. The molecule has 0 spiro atoms. The van der Waals surface area contributed by atoms with E-state index in [4.69, 9.17) is 10.9 Å². The molecule has 16 heavy (non-hydrogen) atoms. The van der Waals surface area contributed by atoms with Crippen molar-refractivity contribution >= 4 is 5.84 Å². The van der Waals surface area contributed by atoms with Gasteiger partial charge in [0.2, 0.25) is 0 Å². The van der Waals surface area contributed by atoms with Crippen LogP contribution < -0.4 is 5.73 Å². The Morgan fingerprint density at radius 2 is 2.12 bits per heavy atom. The fraction of sp³-hybridized carbons (Fsp3) is 0.917. The first-order valence-electron chi connectivity index (χ1n) is 6.31. The number of hydrogen-bond acceptors (Lipinski definition) is 3. The molecule has 0 aromatic heterocycles. The Morgan fingerprint density at radius 1 is 1.50 bits per heavy atom. The van der Waals surface area contributed by atoms with Crippen molar-refractivity contribution in [3.63, 3.8) is 0 Å². The highest BCUT2D eigenvalue weighted by atomic mass is 16.4. The number of nitrogens with two attached hydrogens (primary N) is 1. The fourth-order valence-electron chi connectivity index (χ4n) is 2.78. The highest BCUT2D eigenvalue weighted by Crippen LogP contribution is 2.30. The van der Waals surface area contributed by atoms with Crippen molar-refractivity contribution in [2.45, 2.75) is 58.0 Å². The number of rotatable bonds is 4. The minimum absolute atomic E-state index is 0.0159. The lowest BCUT2D eigenvalue weighted by Gasteiger charge is -2.40. The van der Waals surface area contributed by atoms with Crippen LogP contribution >= 0.6 is 0 Å². The second-order valence-corrected chi connectivity index (χ2v) is 4.89. The van der Waals surface area contributed by atoms with E-state index < -0.39 is 0 Å². The highest BCUT2D eigenvalue weighted by molar-refractivity contribution is 5.84. The largest absolute Gasteiger partial charge is 0.409 e. The molecule has 0 radical (unpaired) electrons. The lowest BCUT2D eigenvalue weighted by molar-refractivity contribution is 0.113. The van der Waals surface area contributed by atoms with Gasteiger partial charge in [-0.2, -0.15) is 0 Å². The SMILES string of the molecule is CCC1CCCCC1N(C)C(C)C(N)=NO. The van der Waals surface area contributed by atoms with E-state index in [1.807, 2.05) is 6.92 Å². The molecule has 0 heterocycles. The second-order valence-electron chi connectivity index (χ2n) is 4.89. The van der Waals surface area contributed by atoms with E-state index in [0.717, 1.165) is 5.92 Å². The fourth-order valence-corrected chi connectivity index (χ4v) is 2.78. The van der Waals surface area contributed by atoms with Gasteiger partial charge in [0.25, 0.3) is 0 Å². The predicted molar refractivity (Wildman–Crippen MR) is 66.7 cm³/mol. The van der Waals surface area contributed by atoms with E-state index >= 15 is 0 Å². The molecule has 0 aliphatic heterocycles. The Labute approximate surface area is 98.5 Å². The van der Waals surface area contributed by atoms with Crippen LogP contribution in [0.25, 0.3) is 0 Å². The van der Waals surface area contributed by atoms with E-state index in [-0.39, 0.29) is 6.04 Å². The van der Waals surface area contributed by atoms with Crippen LogP contribution in [-0.4, -0.2) is 35.1 Å². The van der Waals surface area contributed by atoms with Crippen molar-refractivity contribution in [2.75, 3.05) is 7.05 Å². The van der Waals surface area contributed by atoms with Gasteiger partial charge in [-0.05, 0) is 32.7 Å². The van der Waals surface area contributed by atoms with E-state index in [0.29, 0.717) is 11.9 Å². The Bertz CT molecular complexity index is 242. The monoisotopic (exact) mass is 227 g/mol. The second kappa shape index (κ2) is 6.09. The maximum atomic E-state index is 8.71. The quantitative estimate of drug-likeness (QED) is 0.334. The first-order valence-corrected chi connectivity index (χ1v) is 6.31. The molecule has 3 atom stereocenters. The Kier molecular flexibility index (Phi) is 5.06. The van der Waals surface area contributed by atoms with Crippen LogP contribution in [-0.2, 0) is 0 Å². The van der Waals surface area contributed by atoms with Crippen LogP contribution in [0.3, 0.4) is 0 Å². The van der Waals surface area contributed by atoms with Crippen molar-refractivity contribution in [1.29, 1.82) is 0 Å². The molecule has 0 aromatic rings. The van der Waals surface area contributed by atoms with Gasteiger partial charge in [-0.1, -0.05) is 31.3 Å². The summed E-state index contributed by atoms with van der Waals surface area (Å²) in [5.41, 5.74) is 5.67. The summed E-state index contributed by atoms with van der Waals surface area (Å²) in [6.45, 7) is 4.25. The van der Waals surface area contributed by atoms with Gasteiger partial charge in [-0.3, -0.25) is 4.90 Å². The first kappa shape index (κ1) is 13.3. The summed E-state index contributed by atoms with van der Waals surface area (Å²) in [5.74, 6) is 1.07. The van der Waals surface area contributed by atoms with Crippen molar-refractivity contribution in [1.82, 2.24) is 4.90 Å². The van der Waals surface area contributed by atoms with Gasteiger partial charge in [0.1, 0.15) is 0 Å². The molecule has 3 unspecified atom stereocenters. The summed E-state index contributed by atoms with van der Waals surface area (Å²) in [4.78, 5) is 2.27. The molecule has 0 aromatic carbocycles. The average Bonchev–Trinajstić information content (AvgIpc) is 2.35. The highest BCUT2D eigenvalue weighted by Gasteiger charge is 2.30. The van der Waals surface area contributed by atoms with Gasteiger partial charge < -0.3 is 10.9 Å².